The van der Waals surface area contributed by atoms with Crippen molar-refractivity contribution in [3.05, 3.63) is 0 Å². The van der Waals surface area contributed by atoms with Crippen LogP contribution in [0.25, 0.3) is 0 Å². The first kappa shape index (κ1) is 24.0. The first-order valence-corrected chi connectivity index (χ1v) is 8.24. The van der Waals surface area contributed by atoms with Crippen LogP contribution in [0.15, 0.2) is 0 Å². The number of carbonyl (C=O) groups excluding carboxylic acids is 2. The average molecular weight is 394 g/mol. The Hall–Kier alpha value is -2.96. The number of carbonyl (C=O) groups is 4. The summed E-state index contributed by atoms with van der Waals surface area (Å²) in [7, 11) is 0. The van der Waals surface area contributed by atoms with Crippen molar-refractivity contribution in [3.63, 3.8) is 0 Å². The molecular weight excluding hydrogens is 368 g/mol. The monoisotopic (exact) mass is 394 g/mol. The molecule has 0 aliphatic carbocycles. The van der Waals surface area contributed by atoms with Crippen molar-refractivity contribution in [2.75, 3.05) is 52.6 Å². The van der Waals surface area contributed by atoms with E-state index in [1.54, 1.807) is 0 Å². The van der Waals surface area contributed by atoms with E-state index < -0.39 is 24.4 Å². The van der Waals surface area contributed by atoms with Gasteiger partial charge in [-0.15, -0.1) is 0 Å². The van der Waals surface area contributed by atoms with Crippen molar-refractivity contribution in [1.82, 2.24) is 21.3 Å². The van der Waals surface area contributed by atoms with Crippen molar-refractivity contribution >= 4 is 24.4 Å². The molecule has 0 rings (SSSR count). The maximum absolute atomic E-state index is 11.3. The summed E-state index contributed by atoms with van der Waals surface area (Å²) in [5.74, 6) is 0. The highest BCUT2D eigenvalue weighted by Crippen LogP contribution is 1.85. The number of carboxylic acid groups (broad SMARTS) is 2. The van der Waals surface area contributed by atoms with Crippen LogP contribution in [0, 0.1) is 0 Å². The highest BCUT2D eigenvalue weighted by Gasteiger charge is 2.03. The normalized spacial score (nSPS) is 9.78. The molecule has 0 aliphatic heterocycles. The Labute approximate surface area is 155 Å². The van der Waals surface area contributed by atoms with E-state index in [0.29, 0.717) is 12.8 Å². The molecule has 4 amide bonds. The maximum Gasteiger partial charge on any atom is 0.407 e. The number of hydrogen-bond donors (Lipinski definition) is 6. The van der Waals surface area contributed by atoms with E-state index in [0.717, 1.165) is 0 Å². The second-order valence-electron chi connectivity index (χ2n) is 4.91. The fourth-order valence-electron chi connectivity index (χ4n) is 1.52. The van der Waals surface area contributed by atoms with Gasteiger partial charge in [0.1, 0.15) is 0 Å². The molecule has 0 fully saturated rings. The molecule has 156 valence electrons. The summed E-state index contributed by atoms with van der Waals surface area (Å²) in [6.07, 6.45) is -2.79. The lowest BCUT2D eigenvalue weighted by Gasteiger charge is -2.09. The topological polar surface area (TPSA) is 185 Å². The molecule has 27 heavy (non-hydrogen) atoms. The summed E-state index contributed by atoms with van der Waals surface area (Å²) in [5, 5.41) is 25.9. The average Bonchev–Trinajstić information content (AvgIpc) is 2.59. The van der Waals surface area contributed by atoms with Crippen LogP contribution in [0.2, 0.25) is 0 Å². The van der Waals surface area contributed by atoms with E-state index in [2.05, 4.69) is 21.3 Å². The van der Waals surface area contributed by atoms with Crippen molar-refractivity contribution in [3.8, 4) is 0 Å². The van der Waals surface area contributed by atoms with Crippen molar-refractivity contribution in [2.45, 2.75) is 12.8 Å². The molecular formula is C14H26N4O9. The molecule has 0 heterocycles. The van der Waals surface area contributed by atoms with Gasteiger partial charge in [-0.1, -0.05) is 0 Å². The molecule has 6 N–H and O–H groups in total. The summed E-state index contributed by atoms with van der Waals surface area (Å²) >= 11 is 0. The van der Waals surface area contributed by atoms with Crippen LogP contribution in [-0.2, 0) is 14.2 Å². The molecule has 0 atom stereocenters. The summed E-state index contributed by atoms with van der Waals surface area (Å²) in [6.45, 7) is 1.43. The number of hydrogen-bond acceptors (Lipinski definition) is 7. The zero-order valence-corrected chi connectivity index (χ0v) is 14.8. The Morgan fingerprint density at radius 1 is 0.593 bits per heavy atom. The van der Waals surface area contributed by atoms with Gasteiger partial charge in [0.25, 0.3) is 0 Å². The lowest BCUT2D eigenvalue weighted by Crippen LogP contribution is -2.31. The van der Waals surface area contributed by atoms with Gasteiger partial charge in [-0.2, -0.15) is 0 Å². The van der Waals surface area contributed by atoms with Gasteiger partial charge in [-0.05, 0) is 12.8 Å². The Morgan fingerprint density at radius 2 is 1.00 bits per heavy atom. The molecule has 0 saturated heterocycles. The fraction of sp³-hybridized carbons (Fsp3) is 0.714. The van der Waals surface area contributed by atoms with Crippen LogP contribution in [0.3, 0.4) is 0 Å². The smallest absolute Gasteiger partial charge is 0.407 e. The molecule has 0 aromatic heterocycles. The van der Waals surface area contributed by atoms with Crippen LogP contribution < -0.4 is 21.3 Å². The molecule has 0 saturated carbocycles. The lowest BCUT2D eigenvalue weighted by atomic mass is 10.4. The van der Waals surface area contributed by atoms with Gasteiger partial charge in [0.05, 0.1) is 26.4 Å². The minimum absolute atomic E-state index is 0.0887. The van der Waals surface area contributed by atoms with Crippen LogP contribution in [-0.4, -0.2) is 87.2 Å². The molecule has 0 unspecified atom stereocenters. The molecule has 0 bridgehead atoms. The van der Waals surface area contributed by atoms with Crippen LogP contribution in [0.4, 0.5) is 19.2 Å². The molecule has 0 spiro atoms. The van der Waals surface area contributed by atoms with Crippen LogP contribution >= 0.6 is 0 Å². The summed E-state index contributed by atoms with van der Waals surface area (Å²) in [5.41, 5.74) is 0. The molecule has 13 nitrogen and oxygen atoms in total. The first-order chi connectivity index (χ1) is 12.9. The SMILES string of the molecule is O=C(O)NCCCOC(=O)NCCOCCNC(=O)OCCCNC(=O)O. The van der Waals surface area contributed by atoms with E-state index in [-0.39, 0.29) is 52.6 Å². The quantitative estimate of drug-likeness (QED) is 0.216. The number of ether oxygens (including phenoxy) is 3. The standard InChI is InChI=1S/C14H26N4O9/c19-11(20)15-3-1-7-26-13(23)17-5-9-25-10-6-18-14(24)27-8-2-4-16-12(21)22/h15-16H,1-10H2,(H,17,23)(H,18,24)(H,19,20)(H,21,22). The van der Waals surface area contributed by atoms with Gasteiger partial charge < -0.3 is 45.7 Å². The maximum atomic E-state index is 11.3. The van der Waals surface area contributed by atoms with E-state index in [9.17, 15) is 19.2 Å². The van der Waals surface area contributed by atoms with Gasteiger partial charge in [0.15, 0.2) is 0 Å². The molecule has 0 aromatic carbocycles. The van der Waals surface area contributed by atoms with Gasteiger partial charge in [-0.25, -0.2) is 19.2 Å². The largest absolute Gasteiger partial charge is 0.465 e. The Morgan fingerprint density at radius 3 is 1.37 bits per heavy atom. The van der Waals surface area contributed by atoms with Crippen molar-refractivity contribution in [1.29, 1.82) is 0 Å². The number of rotatable bonds is 14. The fourth-order valence-corrected chi connectivity index (χ4v) is 1.52. The Kier molecular flexibility index (Phi) is 14.7. The van der Waals surface area contributed by atoms with Crippen LogP contribution in [0.5, 0.6) is 0 Å². The number of nitrogens with one attached hydrogen (secondary N) is 4. The molecule has 13 heteroatoms. The molecule has 0 aliphatic rings. The minimum atomic E-state index is -1.13. The van der Waals surface area contributed by atoms with E-state index in [1.807, 2.05) is 0 Å². The molecule has 0 radical (unpaired) electrons. The predicted molar refractivity (Wildman–Crippen MR) is 90.8 cm³/mol. The second kappa shape index (κ2) is 16.5. The third-order valence-electron chi connectivity index (χ3n) is 2.69. The summed E-state index contributed by atoms with van der Waals surface area (Å²) in [4.78, 5) is 42.9. The Balaban J connectivity index is 3.33. The third kappa shape index (κ3) is 19.2. The highest BCUT2D eigenvalue weighted by molar-refractivity contribution is 5.67. The van der Waals surface area contributed by atoms with Crippen molar-refractivity contribution in [2.24, 2.45) is 0 Å². The second-order valence-corrected chi connectivity index (χ2v) is 4.91. The zero-order valence-electron chi connectivity index (χ0n) is 14.8. The van der Waals surface area contributed by atoms with Gasteiger partial charge in [-0.3, -0.25) is 0 Å². The van der Waals surface area contributed by atoms with E-state index in [4.69, 9.17) is 24.4 Å². The lowest BCUT2D eigenvalue weighted by molar-refractivity contribution is 0.116. The van der Waals surface area contributed by atoms with E-state index in [1.165, 1.54) is 0 Å². The molecule has 0 aromatic rings. The van der Waals surface area contributed by atoms with Crippen LogP contribution in [0.1, 0.15) is 12.8 Å². The van der Waals surface area contributed by atoms with Gasteiger partial charge in [0.2, 0.25) is 0 Å². The van der Waals surface area contributed by atoms with Gasteiger partial charge >= 0.3 is 24.4 Å². The van der Waals surface area contributed by atoms with Gasteiger partial charge in [0, 0.05) is 26.2 Å². The first-order valence-electron chi connectivity index (χ1n) is 8.24. The number of amides is 4. The zero-order chi connectivity index (χ0) is 20.3. The highest BCUT2D eigenvalue weighted by atomic mass is 16.6. The summed E-state index contributed by atoms with van der Waals surface area (Å²) < 4.78 is 14.8. The summed E-state index contributed by atoms with van der Waals surface area (Å²) in [6, 6.07) is 0. The van der Waals surface area contributed by atoms with Crippen molar-refractivity contribution < 1.29 is 43.6 Å². The van der Waals surface area contributed by atoms with E-state index >= 15 is 0 Å². The Bertz CT molecular complexity index is 422. The third-order valence-corrected chi connectivity index (χ3v) is 2.69. The number of alkyl carbamates (subject to hydrolysis) is 2. The minimum Gasteiger partial charge on any atom is -0.465 e. The predicted octanol–water partition coefficient (Wildman–Crippen LogP) is -0.229.